The van der Waals surface area contributed by atoms with Gasteiger partial charge in [0.2, 0.25) is 0 Å². The second-order valence-electron chi connectivity index (χ2n) is 9.64. The van der Waals surface area contributed by atoms with E-state index in [4.69, 9.17) is 28.0 Å². The fraction of sp³-hybridized carbons (Fsp3) is 0.515. The van der Waals surface area contributed by atoms with Gasteiger partial charge in [-0.1, -0.05) is 18.7 Å². The summed E-state index contributed by atoms with van der Waals surface area (Å²) >= 11 is 1.78. The summed E-state index contributed by atoms with van der Waals surface area (Å²) in [4.78, 5) is 24.8. The number of Topliss-reactive ketones (excluding diaryl/α,β-unsaturated/α-hetero) is 1. The van der Waals surface area contributed by atoms with Crippen molar-refractivity contribution in [1.82, 2.24) is 0 Å². The first-order valence-electron chi connectivity index (χ1n) is 14.8. The van der Waals surface area contributed by atoms with Crippen molar-refractivity contribution in [3.05, 3.63) is 71.8 Å². The Morgan fingerprint density at radius 3 is 1.98 bits per heavy atom. The second kappa shape index (κ2) is 22.1. The van der Waals surface area contributed by atoms with E-state index >= 15 is 0 Å². The van der Waals surface area contributed by atoms with Crippen molar-refractivity contribution in [2.45, 2.75) is 51.7 Å². The Morgan fingerprint density at radius 1 is 0.837 bits per heavy atom. The molecule has 0 heterocycles. The van der Waals surface area contributed by atoms with E-state index < -0.39 is 14.3 Å². The highest BCUT2D eigenvalue weighted by atomic mass is 32.2. The Morgan fingerprint density at radius 2 is 1.42 bits per heavy atom. The molecule has 1 atom stereocenters. The van der Waals surface area contributed by atoms with E-state index in [1.165, 1.54) is 0 Å². The predicted octanol–water partition coefficient (Wildman–Crippen LogP) is 7.81. The van der Waals surface area contributed by atoms with Gasteiger partial charge in [-0.05, 0) is 74.9 Å². The average Bonchev–Trinajstić information content (AvgIpc) is 3.01. The van der Waals surface area contributed by atoms with Gasteiger partial charge in [0, 0.05) is 55.5 Å². The van der Waals surface area contributed by atoms with Crippen LogP contribution in [0.25, 0.3) is 0 Å². The second-order valence-corrected chi connectivity index (χ2v) is 12.6. The molecule has 0 spiro atoms. The van der Waals surface area contributed by atoms with Crippen molar-refractivity contribution in [3.8, 4) is 11.5 Å². The molecule has 10 heteroatoms. The van der Waals surface area contributed by atoms with Gasteiger partial charge in [0.05, 0.1) is 33.0 Å². The van der Waals surface area contributed by atoms with Gasteiger partial charge in [0.1, 0.15) is 11.5 Å². The van der Waals surface area contributed by atoms with E-state index in [1.807, 2.05) is 62.4 Å². The minimum Gasteiger partial charge on any atom is -0.494 e. The smallest absolute Gasteiger partial charge is 0.333 e. The van der Waals surface area contributed by atoms with Gasteiger partial charge in [0.25, 0.3) is 0 Å². The van der Waals surface area contributed by atoms with E-state index in [0.717, 1.165) is 41.8 Å². The van der Waals surface area contributed by atoms with Crippen LogP contribution in [0.2, 0.25) is 0 Å². The molecule has 0 N–H and O–H groups in total. The van der Waals surface area contributed by atoms with Gasteiger partial charge < -0.3 is 28.0 Å². The minimum absolute atomic E-state index is 0.0153. The zero-order chi connectivity index (χ0) is 31.3. The average molecular weight is 635 g/mol. The van der Waals surface area contributed by atoms with Crippen LogP contribution < -0.4 is 9.47 Å². The molecule has 0 saturated carbocycles. The highest BCUT2D eigenvalue weighted by molar-refractivity contribution is 7.99. The van der Waals surface area contributed by atoms with Gasteiger partial charge in [-0.25, -0.2) is 4.79 Å². The molecule has 1 unspecified atom stereocenters. The normalized spacial score (nSPS) is 11.7. The molecule has 0 fully saturated rings. The van der Waals surface area contributed by atoms with Gasteiger partial charge >= 0.3 is 5.97 Å². The molecule has 8 nitrogen and oxygen atoms in total. The number of rotatable bonds is 24. The fourth-order valence-electron chi connectivity index (χ4n) is 3.88. The third-order valence-electron chi connectivity index (χ3n) is 6.05. The summed E-state index contributed by atoms with van der Waals surface area (Å²) in [5, 5.41) is -0.0153. The Hall–Kier alpha value is -2.42. The summed E-state index contributed by atoms with van der Waals surface area (Å²) in [5.41, 5.74) is 2.11. The number of carbonyl (C=O) groups excluding carboxylic acids is 2. The Bertz CT molecular complexity index is 1070. The molecule has 0 bridgehead atoms. The van der Waals surface area contributed by atoms with E-state index in [0.29, 0.717) is 57.0 Å². The fourth-order valence-corrected chi connectivity index (χ4v) is 6.63. The topological polar surface area (TPSA) is 89.5 Å². The van der Waals surface area contributed by atoms with E-state index in [9.17, 15) is 9.59 Å². The molecule has 0 aliphatic heterocycles. The maximum atomic E-state index is 13.3. The summed E-state index contributed by atoms with van der Waals surface area (Å²) in [6, 6.07) is 15.2. The summed E-state index contributed by atoms with van der Waals surface area (Å²) in [6.07, 6.45) is 3.57. The SMILES string of the molecule is C=C(C)C(=O)OCCCOc1ccc(C(CC(=O)c2ccc(OCCCOC)cc2)SCCCP(OCC)OCC)cc1. The number of hydrogen-bond acceptors (Lipinski definition) is 9. The molecule has 0 radical (unpaired) electrons. The van der Waals surface area contributed by atoms with Gasteiger partial charge in [-0.2, -0.15) is 11.8 Å². The van der Waals surface area contributed by atoms with Crippen LogP contribution in [-0.4, -0.2) is 70.4 Å². The van der Waals surface area contributed by atoms with Crippen molar-refractivity contribution in [2.75, 3.05) is 58.7 Å². The quantitative estimate of drug-likeness (QED) is 0.0377. The van der Waals surface area contributed by atoms with Crippen molar-refractivity contribution in [3.63, 3.8) is 0 Å². The third kappa shape index (κ3) is 15.2. The molecule has 2 aromatic carbocycles. The predicted molar refractivity (Wildman–Crippen MR) is 175 cm³/mol. The van der Waals surface area contributed by atoms with Gasteiger partial charge in [-0.15, -0.1) is 0 Å². The molecule has 0 amide bonds. The molecular formula is C33H47O8PS. The zero-order valence-corrected chi connectivity index (χ0v) is 27.7. The van der Waals surface area contributed by atoms with Crippen LogP contribution in [0.15, 0.2) is 60.7 Å². The molecular weight excluding hydrogens is 587 g/mol. The van der Waals surface area contributed by atoms with Crippen LogP contribution in [0.1, 0.15) is 67.6 Å². The number of benzene rings is 2. The first kappa shape index (κ1) is 36.8. The van der Waals surface area contributed by atoms with Gasteiger partial charge in [0.15, 0.2) is 14.2 Å². The van der Waals surface area contributed by atoms with Crippen LogP contribution in [0.5, 0.6) is 11.5 Å². The molecule has 0 saturated heterocycles. The molecule has 43 heavy (non-hydrogen) atoms. The highest BCUT2D eigenvalue weighted by Crippen LogP contribution is 2.40. The number of carbonyl (C=O) groups is 2. The van der Waals surface area contributed by atoms with Gasteiger partial charge in [-0.3, -0.25) is 4.79 Å². The van der Waals surface area contributed by atoms with Crippen molar-refractivity contribution in [2.24, 2.45) is 0 Å². The summed E-state index contributed by atoms with van der Waals surface area (Å²) in [6.45, 7) is 12.4. The molecule has 2 rings (SSSR count). The van der Waals surface area contributed by atoms with Crippen molar-refractivity contribution >= 4 is 31.9 Å². The number of esters is 1. The Kier molecular flexibility index (Phi) is 18.9. The number of thioether (sulfide) groups is 1. The van der Waals surface area contributed by atoms with Crippen molar-refractivity contribution < 1.29 is 37.6 Å². The van der Waals surface area contributed by atoms with E-state index in [1.54, 1.807) is 25.8 Å². The maximum absolute atomic E-state index is 13.3. The van der Waals surface area contributed by atoms with Crippen LogP contribution in [0.3, 0.4) is 0 Å². The molecule has 0 aromatic heterocycles. The summed E-state index contributed by atoms with van der Waals surface area (Å²) in [5.74, 6) is 2.04. The molecule has 2 aromatic rings. The summed E-state index contributed by atoms with van der Waals surface area (Å²) in [7, 11) is 0.792. The Labute approximate surface area is 262 Å². The standard InChI is InChI=1S/C33H47O8PS/c1-6-40-42(41-7-2)23-10-24-43-32(25-31(34)27-11-15-29(16-12-27)37-20-8-19-36-5)28-13-17-30(18-14-28)38-21-9-22-39-33(35)26(3)4/h11-18,32H,3,6-10,19-25H2,1-2,4-5H3. The minimum atomic E-state index is -0.877. The van der Waals surface area contributed by atoms with Crippen LogP contribution in [-0.2, 0) is 23.3 Å². The third-order valence-corrected chi connectivity index (χ3v) is 9.19. The largest absolute Gasteiger partial charge is 0.494 e. The number of ether oxygens (including phenoxy) is 4. The first-order chi connectivity index (χ1) is 20.9. The lowest BCUT2D eigenvalue weighted by Gasteiger charge is -2.19. The Balaban J connectivity index is 1.99. The van der Waals surface area contributed by atoms with Crippen molar-refractivity contribution in [1.29, 1.82) is 0 Å². The zero-order valence-electron chi connectivity index (χ0n) is 26.0. The summed E-state index contributed by atoms with van der Waals surface area (Å²) < 4.78 is 33.2. The molecule has 0 aliphatic carbocycles. The maximum Gasteiger partial charge on any atom is 0.333 e. The van der Waals surface area contributed by atoms with E-state index in [-0.39, 0.29) is 17.6 Å². The number of ketones is 1. The monoisotopic (exact) mass is 634 g/mol. The first-order valence-corrected chi connectivity index (χ1v) is 17.2. The number of methoxy groups -OCH3 is 1. The highest BCUT2D eigenvalue weighted by Gasteiger charge is 2.19. The van der Waals surface area contributed by atoms with Crippen LogP contribution >= 0.6 is 20.1 Å². The lowest BCUT2D eigenvalue weighted by Crippen LogP contribution is -2.09. The molecule has 0 aliphatic rings. The lowest BCUT2D eigenvalue weighted by molar-refractivity contribution is -0.139. The lowest BCUT2D eigenvalue weighted by atomic mass is 10.0. The number of hydrogen-bond donors (Lipinski definition) is 0. The van der Waals surface area contributed by atoms with E-state index in [2.05, 4.69) is 6.58 Å². The van der Waals surface area contributed by atoms with Crippen LogP contribution in [0.4, 0.5) is 0 Å². The van der Waals surface area contributed by atoms with Crippen LogP contribution in [0, 0.1) is 0 Å². The molecule has 238 valence electrons.